The summed E-state index contributed by atoms with van der Waals surface area (Å²) in [6, 6.07) is 17.7. The van der Waals surface area contributed by atoms with Crippen LogP contribution >= 0.6 is 11.6 Å². The molecule has 3 aromatic carbocycles. The minimum Gasteiger partial charge on any atom is -0.495 e. The van der Waals surface area contributed by atoms with Gasteiger partial charge in [-0.05, 0) is 79.6 Å². The molecule has 1 N–H and O–H groups in total. The lowest BCUT2D eigenvalue weighted by molar-refractivity contribution is -0.151. The monoisotopic (exact) mass is 522 g/mol. The van der Waals surface area contributed by atoms with Crippen molar-refractivity contribution in [2.75, 3.05) is 30.5 Å². The number of nitrogens with one attached hydrogen (secondary N) is 1. The highest BCUT2D eigenvalue weighted by Crippen LogP contribution is 2.30. The van der Waals surface area contributed by atoms with Crippen molar-refractivity contribution >= 4 is 40.8 Å². The van der Waals surface area contributed by atoms with E-state index in [4.69, 9.17) is 25.8 Å². The molecule has 37 heavy (non-hydrogen) atoms. The zero-order valence-electron chi connectivity index (χ0n) is 20.7. The van der Waals surface area contributed by atoms with Crippen LogP contribution in [0.1, 0.15) is 17.5 Å². The molecule has 3 aromatic rings. The van der Waals surface area contributed by atoms with E-state index < -0.39 is 24.4 Å². The lowest BCUT2D eigenvalue weighted by atomic mass is 10.1. The third-order valence-corrected chi connectivity index (χ3v) is 6.34. The topological polar surface area (TPSA) is 94.2 Å². The molecule has 0 aliphatic carbocycles. The summed E-state index contributed by atoms with van der Waals surface area (Å²) in [6.07, 6.45) is 0.00344. The predicted molar refractivity (Wildman–Crippen MR) is 140 cm³/mol. The van der Waals surface area contributed by atoms with Crippen LogP contribution in [0.3, 0.4) is 0 Å². The number of carbonyl (C=O) groups is 3. The average molecular weight is 523 g/mol. The van der Waals surface area contributed by atoms with Gasteiger partial charge < -0.3 is 24.4 Å². The number of carbonyl (C=O) groups excluding carboxylic acids is 3. The van der Waals surface area contributed by atoms with Crippen molar-refractivity contribution in [2.45, 2.75) is 20.3 Å². The van der Waals surface area contributed by atoms with Gasteiger partial charge in [0.2, 0.25) is 5.91 Å². The van der Waals surface area contributed by atoms with E-state index in [1.54, 1.807) is 36.4 Å². The van der Waals surface area contributed by atoms with Gasteiger partial charge in [0.25, 0.3) is 5.91 Å². The second kappa shape index (κ2) is 11.3. The van der Waals surface area contributed by atoms with Gasteiger partial charge in [0.15, 0.2) is 6.61 Å². The van der Waals surface area contributed by atoms with Crippen LogP contribution in [0, 0.1) is 19.8 Å². The largest absolute Gasteiger partial charge is 0.495 e. The number of rotatable bonds is 8. The van der Waals surface area contributed by atoms with Gasteiger partial charge in [0.05, 0.1) is 18.7 Å². The molecule has 1 aliphatic heterocycles. The molecule has 1 aliphatic rings. The van der Waals surface area contributed by atoms with E-state index in [0.717, 1.165) is 11.3 Å². The SMILES string of the molecule is COc1ccc(Cl)cc1NC(=O)COC(=O)[C@@H]1CC(=O)N(c2ccc(Oc3ccc(C)c(C)c3)cc2)C1. The summed E-state index contributed by atoms with van der Waals surface area (Å²) in [6.45, 7) is 3.73. The van der Waals surface area contributed by atoms with Crippen LogP contribution in [0.15, 0.2) is 60.7 Å². The van der Waals surface area contributed by atoms with Crippen LogP contribution in [-0.4, -0.2) is 38.0 Å². The maximum Gasteiger partial charge on any atom is 0.311 e. The Morgan fingerprint density at radius 3 is 2.43 bits per heavy atom. The van der Waals surface area contributed by atoms with Crippen molar-refractivity contribution in [2.24, 2.45) is 5.92 Å². The molecule has 0 unspecified atom stereocenters. The summed E-state index contributed by atoms with van der Waals surface area (Å²) in [5, 5.41) is 3.02. The van der Waals surface area contributed by atoms with Gasteiger partial charge in [-0.25, -0.2) is 0 Å². The first-order valence-electron chi connectivity index (χ1n) is 11.7. The maximum absolute atomic E-state index is 12.6. The van der Waals surface area contributed by atoms with Gasteiger partial charge in [-0.2, -0.15) is 0 Å². The molecule has 9 heteroatoms. The van der Waals surface area contributed by atoms with Crippen LogP contribution in [-0.2, 0) is 19.1 Å². The Morgan fingerprint density at radius 2 is 1.73 bits per heavy atom. The number of hydrogen-bond donors (Lipinski definition) is 1. The highest BCUT2D eigenvalue weighted by Gasteiger charge is 2.36. The number of hydrogen-bond acceptors (Lipinski definition) is 6. The number of methoxy groups -OCH3 is 1. The first-order chi connectivity index (χ1) is 17.7. The summed E-state index contributed by atoms with van der Waals surface area (Å²) in [5.74, 6) is -0.240. The average Bonchev–Trinajstić information content (AvgIpc) is 3.27. The first kappa shape index (κ1) is 26.0. The number of halogens is 1. The molecular weight excluding hydrogens is 496 g/mol. The summed E-state index contributed by atoms with van der Waals surface area (Å²) in [7, 11) is 1.47. The minimum atomic E-state index is -0.674. The first-order valence-corrected chi connectivity index (χ1v) is 12.1. The zero-order valence-corrected chi connectivity index (χ0v) is 21.5. The summed E-state index contributed by atoms with van der Waals surface area (Å²) >= 11 is 5.97. The molecule has 0 aromatic heterocycles. The second-order valence-electron chi connectivity index (χ2n) is 8.75. The Morgan fingerprint density at radius 1 is 1.00 bits per heavy atom. The van der Waals surface area contributed by atoms with Gasteiger partial charge in [0, 0.05) is 23.7 Å². The van der Waals surface area contributed by atoms with E-state index in [-0.39, 0.29) is 18.9 Å². The van der Waals surface area contributed by atoms with E-state index in [0.29, 0.717) is 27.9 Å². The van der Waals surface area contributed by atoms with Crippen molar-refractivity contribution < 1.29 is 28.6 Å². The lowest BCUT2D eigenvalue weighted by Gasteiger charge is -2.17. The number of anilines is 2. The highest BCUT2D eigenvalue weighted by molar-refractivity contribution is 6.31. The van der Waals surface area contributed by atoms with E-state index >= 15 is 0 Å². The molecule has 2 amide bonds. The fraction of sp³-hybridized carbons (Fsp3) is 0.250. The van der Waals surface area contributed by atoms with Gasteiger partial charge in [-0.1, -0.05) is 17.7 Å². The van der Waals surface area contributed by atoms with E-state index in [1.165, 1.54) is 23.6 Å². The fourth-order valence-corrected chi connectivity index (χ4v) is 4.11. The summed E-state index contributed by atoms with van der Waals surface area (Å²) in [5.41, 5.74) is 3.34. The Kier molecular flexibility index (Phi) is 7.98. The van der Waals surface area contributed by atoms with Crippen molar-refractivity contribution in [1.82, 2.24) is 0 Å². The van der Waals surface area contributed by atoms with Crippen molar-refractivity contribution in [1.29, 1.82) is 0 Å². The fourth-order valence-electron chi connectivity index (χ4n) is 3.94. The molecule has 192 valence electrons. The van der Waals surface area contributed by atoms with Gasteiger partial charge in [-0.3, -0.25) is 14.4 Å². The Hall–Kier alpha value is -4.04. The molecule has 1 atom stereocenters. The number of ether oxygens (including phenoxy) is 3. The third-order valence-electron chi connectivity index (χ3n) is 6.10. The third kappa shape index (κ3) is 6.40. The van der Waals surface area contributed by atoms with Crippen molar-refractivity contribution in [3.63, 3.8) is 0 Å². The standard InChI is InChI=1S/C28H27ClN2O6/c1-17-4-8-23(12-18(17)2)37-22-9-6-21(7-10-22)31-15-19(13-27(31)33)28(34)36-16-26(32)30-24-14-20(29)5-11-25(24)35-3/h4-12,14,19H,13,15-16H2,1-3H3,(H,30,32)/t19-/m1/s1. The van der Waals surface area contributed by atoms with Gasteiger partial charge in [-0.15, -0.1) is 0 Å². The van der Waals surface area contributed by atoms with Crippen molar-refractivity contribution in [3.05, 3.63) is 76.8 Å². The highest BCUT2D eigenvalue weighted by atomic mass is 35.5. The van der Waals surface area contributed by atoms with Crippen molar-refractivity contribution in [3.8, 4) is 17.2 Å². The van der Waals surface area contributed by atoms with Crippen LogP contribution < -0.4 is 19.7 Å². The summed E-state index contributed by atoms with van der Waals surface area (Å²) < 4.78 is 16.3. The number of benzene rings is 3. The molecule has 1 saturated heterocycles. The predicted octanol–water partition coefficient (Wildman–Crippen LogP) is 5.29. The zero-order chi connectivity index (χ0) is 26.5. The quantitative estimate of drug-likeness (QED) is 0.404. The Bertz CT molecular complexity index is 1320. The normalized spacial score (nSPS) is 14.9. The van der Waals surface area contributed by atoms with Crippen LogP contribution in [0.2, 0.25) is 5.02 Å². The minimum absolute atomic E-state index is 0.00344. The smallest absolute Gasteiger partial charge is 0.311 e. The molecule has 1 fully saturated rings. The van der Waals surface area contributed by atoms with Gasteiger partial charge >= 0.3 is 5.97 Å². The Balaban J connectivity index is 1.31. The molecule has 4 rings (SSSR count). The lowest BCUT2D eigenvalue weighted by Crippen LogP contribution is -2.28. The number of amides is 2. The van der Waals surface area contributed by atoms with Crippen LogP contribution in [0.25, 0.3) is 0 Å². The molecule has 1 heterocycles. The van der Waals surface area contributed by atoms with E-state index in [1.807, 2.05) is 32.0 Å². The number of aryl methyl sites for hydroxylation is 2. The van der Waals surface area contributed by atoms with Gasteiger partial charge in [0.1, 0.15) is 17.2 Å². The Labute approximate surface area is 220 Å². The molecule has 0 radical (unpaired) electrons. The maximum atomic E-state index is 12.6. The molecule has 8 nitrogen and oxygen atoms in total. The second-order valence-corrected chi connectivity index (χ2v) is 9.18. The van der Waals surface area contributed by atoms with E-state index in [2.05, 4.69) is 5.32 Å². The van der Waals surface area contributed by atoms with Crippen LogP contribution in [0.4, 0.5) is 11.4 Å². The molecule has 0 spiro atoms. The molecule has 0 saturated carbocycles. The van der Waals surface area contributed by atoms with Crippen LogP contribution in [0.5, 0.6) is 17.2 Å². The number of nitrogens with zero attached hydrogens (tertiary/aromatic N) is 1. The van der Waals surface area contributed by atoms with E-state index in [9.17, 15) is 14.4 Å². The summed E-state index contributed by atoms with van der Waals surface area (Å²) in [4.78, 5) is 39.0. The molecular formula is C28H27ClN2O6. The molecule has 0 bridgehead atoms. The number of esters is 1.